The molecule has 0 unspecified atom stereocenters. The number of hydrogen-bond donors (Lipinski definition) is 2. The number of benzene rings is 4. The largest absolute Gasteiger partial charge is 0.497 e. The number of nitro groups is 1. The number of hydrogen-bond acceptors (Lipinski definition) is 9. The van der Waals surface area contributed by atoms with Gasteiger partial charge in [-0.1, -0.05) is 79.8 Å². The van der Waals surface area contributed by atoms with Gasteiger partial charge in [0, 0.05) is 55.5 Å². The highest BCUT2D eigenvalue weighted by atomic mass is 28.3. The molecule has 0 aromatic heterocycles. The van der Waals surface area contributed by atoms with Crippen LogP contribution in [0.5, 0.6) is 5.75 Å². The molecule has 298 valence electrons. The zero-order valence-electron chi connectivity index (χ0n) is 32.7. The predicted octanol–water partition coefficient (Wildman–Crippen LogP) is 4.71. The molecule has 4 atom stereocenters. The highest BCUT2D eigenvalue weighted by Gasteiger charge is 2.66. The van der Waals surface area contributed by atoms with Crippen LogP contribution in [0.15, 0.2) is 97.1 Å². The van der Waals surface area contributed by atoms with Crippen molar-refractivity contribution in [2.45, 2.75) is 56.8 Å². The number of piperazine rings is 1. The van der Waals surface area contributed by atoms with E-state index in [1.54, 1.807) is 27.9 Å². The molecule has 0 radical (unpaired) electrons. The van der Waals surface area contributed by atoms with E-state index in [9.17, 15) is 24.8 Å². The van der Waals surface area contributed by atoms with Gasteiger partial charge in [0.05, 0.1) is 58.0 Å². The molecule has 0 aliphatic carbocycles. The molecule has 4 aromatic carbocycles. The molecule has 0 saturated carbocycles. The Kier molecular flexibility index (Phi) is 11.3. The molecule has 14 heteroatoms. The second-order valence-electron chi connectivity index (χ2n) is 15.6. The van der Waals surface area contributed by atoms with Gasteiger partial charge in [-0.2, -0.15) is 0 Å². The summed E-state index contributed by atoms with van der Waals surface area (Å²) in [4.78, 5) is 59.3. The lowest BCUT2D eigenvalue weighted by Gasteiger charge is -2.37. The van der Waals surface area contributed by atoms with Gasteiger partial charge >= 0.3 is 0 Å². The fraction of sp³-hybridized carbons (Fsp3) is 0.372. The molecule has 13 nitrogen and oxygen atoms in total. The summed E-state index contributed by atoms with van der Waals surface area (Å²) < 4.78 is 12.6. The Morgan fingerprint density at radius 3 is 2.46 bits per heavy atom. The van der Waals surface area contributed by atoms with Gasteiger partial charge in [-0.15, -0.1) is 0 Å². The van der Waals surface area contributed by atoms with Crippen LogP contribution in [0.4, 0.5) is 17.1 Å². The van der Waals surface area contributed by atoms with Gasteiger partial charge in [0.1, 0.15) is 5.75 Å². The quantitative estimate of drug-likeness (QED) is 0.111. The average Bonchev–Trinajstić information content (AvgIpc) is 3.63. The van der Waals surface area contributed by atoms with Crippen molar-refractivity contribution in [2.24, 2.45) is 5.92 Å². The highest BCUT2D eigenvalue weighted by molar-refractivity contribution is 6.91. The number of amides is 3. The van der Waals surface area contributed by atoms with Crippen LogP contribution in [0.3, 0.4) is 0 Å². The molecule has 0 bridgehead atoms. The zero-order valence-corrected chi connectivity index (χ0v) is 33.7. The van der Waals surface area contributed by atoms with Crippen LogP contribution in [0.25, 0.3) is 0 Å². The van der Waals surface area contributed by atoms with E-state index in [0.29, 0.717) is 30.1 Å². The third-order valence-corrected chi connectivity index (χ3v) is 16.4. The van der Waals surface area contributed by atoms with Gasteiger partial charge in [-0.3, -0.25) is 24.5 Å². The summed E-state index contributed by atoms with van der Waals surface area (Å²) in [6, 6.07) is 29.4. The second-order valence-corrected chi connectivity index (χ2v) is 20.3. The summed E-state index contributed by atoms with van der Waals surface area (Å²) in [6.07, 6.45) is -0.805. The molecular formula is C43H49N5O8Si. The predicted molar refractivity (Wildman–Crippen MR) is 219 cm³/mol. The van der Waals surface area contributed by atoms with Gasteiger partial charge in [0.25, 0.3) is 11.6 Å². The summed E-state index contributed by atoms with van der Waals surface area (Å²) >= 11 is 0. The van der Waals surface area contributed by atoms with E-state index in [0.717, 1.165) is 22.0 Å². The number of non-ortho nitro benzene ring substituents is 1. The number of ether oxygens (including phenoxy) is 2. The number of anilines is 2. The summed E-state index contributed by atoms with van der Waals surface area (Å²) in [7, 11) is -1.05. The monoisotopic (exact) mass is 791 g/mol. The molecule has 1 spiro atoms. The van der Waals surface area contributed by atoms with Crippen molar-refractivity contribution >= 4 is 48.0 Å². The Balaban J connectivity index is 1.30. The lowest BCUT2D eigenvalue weighted by molar-refractivity contribution is -0.385. The zero-order chi connectivity index (χ0) is 40.5. The molecule has 7 rings (SSSR count). The number of rotatable bonds is 13. The van der Waals surface area contributed by atoms with Crippen molar-refractivity contribution in [3.63, 3.8) is 0 Å². The van der Waals surface area contributed by atoms with E-state index in [-0.39, 0.29) is 68.2 Å². The van der Waals surface area contributed by atoms with E-state index >= 15 is 4.79 Å². The minimum atomic E-state index is -2.66. The minimum absolute atomic E-state index is 0.0444. The standard InChI is InChI=1S/C43H49N5O8Si/c1-29-41(57(3,4)35-16-14-34(55-2)15-17-35)38(25-39(50)45(21-22-49)27-30-9-6-5-7-10-30)56-43(29)36-24-33(48(53)54)13-18-37(36)47(42(43)52)28-31-11-8-12-32(23-31)46-20-19-44-26-40(46)51/h5-18,23-24,29,38,41,44,49H,19-22,25-28H2,1-4H3/t29-,38+,41-,43+/m1/s1. The van der Waals surface area contributed by atoms with E-state index in [1.165, 1.54) is 12.1 Å². The van der Waals surface area contributed by atoms with Crippen molar-refractivity contribution in [1.29, 1.82) is 0 Å². The molecule has 2 fully saturated rings. The van der Waals surface area contributed by atoms with Crippen molar-refractivity contribution in [2.75, 3.05) is 49.7 Å². The maximum Gasteiger partial charge on any atom is 0.269 e. The third kappa shape index (κ3) is 7.45. The van der Waals surface area contributed by atoms with Crippen LogP contribution in [-0.2, 0) is 37.8 Å². The number of methoxy groups -OCH3 is 1. The van der Waals surface area contributed by atoms with Crippen LogP contribution in [-0.4, -0.2) is 86.7 Å². The Hall–Kier alpha value is -5.41. The average molecular weight is 792 g/mol. The first-order chi connectivity index (χ1) is 27.4. The SMILES string of the molecule is COc1ccc([Si](C)(C)[C@H]2[C@H](CC(=O)N(CCO)Cc3ccccc3)O[C@@]3(C(=O)N(Cc4cccc(N5CCNCC5=O)c4)c4ccc([N+](=O)[O-])cc43)[C@@H]2C)cc1. The van der Waals surface area contributed by atoms with Crippen LogP contribution in [0.1, 0.15) is 30.0 Å². The van der Waals surface area contributed by atoms with Crippen LogP contribution >= 0.6 is 0 Å². The number of nitrogens with one attached hydrogen (secondary N) is 1. The molecule has 3 amide bonds. The lowest BCUT2D eigenvalue weighted by atomic mass is 9.82. The molecule has 2 saturated heterocycles. The van der Waals surface area contributed by atoms with Gasteiger partial charge in [0.2, 0.25) is 11.8 Å². The normalized spacial score (nSPS) is 21.9. The molecule has 3 aliphatic heterocycles. The van der Waals surface area contributed by atoms with Crippen molar-refractivity contribution < 1.29 is 33.9 Å². The second kappa shape index (κ2) is 16.2. The molecular weight excluding hydrogens is 743 g/mol. The van der Waals surface area contributed by atoms with Gasteiger partial charge in [-0.05, 0) is 47.0 Å². The maximum atomic E-state index is 15.4. The topological polar surface area (TPSA) is 155 Å². The molecule has 4 aromatic rings. The Morgan fingerprint density at radius 2 is 1.77 bits per heavy atom. The summed E-state index contributed by atoms with van der Waals surface area (Å²) in [6.45, 7) is 8.12. The highest BCUT2D eigenvalue weighted by Crippen LogP contribution is 2.60. The Bertz CT molecular complexity index is 2150. The number of aliphatic hydroxyl groups is 1. The molecule has 3 aliphatic rings. The van der Waals surface area contributed by atoms with E-state index in [4.69, 9.17) is 9.47 Å². The number of carbonyl (C=O) groups is 3. The van der Waals surface area contributed by atoms with Crippen molar-refractivity contribution in [1.82, 2.24) is 10.2 Å². The van der Waals surface area contributed by atoms with Crippen molar-refractivity contribution in [3.8, 4) is 5.75 Å². The first-order valence-corrected chi connectivity index (χ1v) is 22.4. The lowest BCUT2D eigenvalue weighted by Crippen LogP contribution is -2.52. The first kappa shape index (κ1) is 39.8. The molecule has 57 heavy (non-hydrogen) atoms. The number of fused-ring (bicyclic) bond motifs is 2. The fourth-order valence-corrected chi connectivity index (χ4v) is 13.2. The van der Waals surface area contributed by atoms with Crippen LogP contribution < -0.4 is 25.0 Å². The third-order valence-electron chi connectivity index (χ3n) is 12.0. The minimum Gasteiger partial charge on any atom is -0.497 e. The van der Waals surface area contributed by atoms with Crippen molar-refractivity contribution in [3.05, 3.63) is 124 Å². The fourth-order valence-electron chi connectivity index (χ4n) is 9.17. The number of aliphatic hydroxyl groups excluding tert-OH is 1. The smallest absolute Gasteiger partial charge is 0.269 e. The van der Waals surface area contributed by atoms with Gasteiger partial charge in [0.15, 0.2) is 5.60 Å². The van der Waals surface area contributed by atoms with Crippen LogP contribution in [0.2, 0.25) is 18.6 Å². The first-order valence-electron chi connectivity index (χ1n) is 19.3. The van der Waals surface area contributed by atoms with Gasteiger partial charge in [-0.25, -0.2) is 0 Å². The van der Waals surface area contributed by atoms with E-state index < -0.39 is 30.6 Å². The van der Waals surface area contributed by atoms with Gasteiger partial charge < -0.3 is 34.6 Å². The summed E-state index contributed by atoms with van der Waals surface area (Å²) in [5, 5.41) is 26.5. The Morgan fingerprint density at radius 1 is 1.04 bits per heavy atom. The molecule has 3 heterocycles. The van der Waals surface area contributed by atoms with Crippen LogP contribution in [0, 0.1) is 16.0 Å². The number of carbonyl (C=O) groups excluding carboxylic acids is 3. The van der Waals surface area contributed by atoms with E-state index in [2.05, 4.69) is 18.4 Å². The summed E-state index contributed by atoms with van der Waals surface area (Å²) in [5.41, 5.74) is 1.20. The Labute approximate surface area is 333 Å². The maximum absolute atomic E-state index is 15.4. The number of nitro benzene ring substituents is 1. The summed E-state index contributed by atoms with van der Waals surface area (Å²) in [5.74, 6) is -0.437. The number of nitrogens with zero attached hydrogens (tertiary/aromatic N) is 4. The van der Waals surface area contributed by atoms with E-state index in [1.807, 2.05) is 85.8 Å². The molecule has 2 N–H and O–H groups in total.